The molecule has 0 spiro atoms. The summed E-state index contributed by atoms with van der Waals surface area (Å²) in [4.78, 5) is 19.6. The zero-order valence-electron chi connectivity index (χ0n) is 12.7. The number of nitrogens with zero attached hydrogens (tertiary/aromatic N) is 2. The highest BCUT2D eigenvalue weighted by atomic mass is 35.5. The molecule has 0 bridgehead atoms. The summed E-state index contributed by atoms with van der Waals surface area (Å²) in [6, 6.07) is 8.42. The van der Waals surface area contributed by atoms with E-state index < -0.39 is 0 Å². The molecule has 0 radical (unpaired) electrons. The first kappa shape index (κ1) is 18.5. The van der Waals surface area contributed by atoms with Gasteiger partial charge in [0.15, 0.2) is 0 Å². The highest BCUT2D eigenvalue weighted by Gasteiger charge is 2.36. The Hall–Kier alpha value is -0.880. The summed E-state index contributed by atoms with van der Waals surface area (Å²) in [7, 11) is 0. The maximum atomic E-state index is 12.7. The number of para-hydroxylation sites is 1. The molecule has 4 rings (SSSR count). The van der Waals surface area contributed by atoms with E-state index in [1.54, 1.807) is 11.3 Å². The zero-order valence-corrected chi connectivity index (χ0v) is 15.2. The van der Waals surface area contributed by atoms with E-state index in [-0.39, 0.29) is 36.8 Å². The third-order valence-electron chi connectivity index (χ3n) is 4.54. The minimum Gasteiger partial charge on any atom is -0.333 e. The summed E-state index contributed by atoms with van der Waals surface area (Å²) in [5.41, 5.74) is 1.05. The predicted octanol–water partition coefficient (Wildman–Crippen LogP) is 3.41. The number of hydrogen-bond donors (Lipinski definition) is 1. The minimum absolute atomic E-state index is 0. The van der Waals surface area contributed by atoms with Crippen LogP contribution < -0.4 is 5.32 Å². The summed E-state index contributed by atoms with van der Waals surface area (Å²) in [6.07, 6.45) is 3.11. The van der Waals surface area contributed by atoms with Gasteiger partial charge in [-0.25, -0.2) is 4.98 Å². The van der Waals surface area contributed by atoms with Gasteiger partial charge in [0.2, 0.25) is 5.91 Å². The number of halogens is 2. The van der Waals surface area contributed by atoms with Gasteiger partial charge in [0.25, 0.3) is 0 Å². The molecule has 0 saturated carbocycles. The molecule has 1 aromatic carbocycles. The topological polar surface area (TPSA) is 45.2 Å². The second-order valence-corrected chi connectivity index (χ2v) is 6.96. The second kappa shape index (κ2) is 7.79. The van der Waals surface area contributed by atoms with Gasteiger partial charge in [-0.2, -0.15) is 0 Å². The van der Waals surface area contributed by atoms with Crippen LogP contribution in [0.1, 0.15) is 30.3 Å². The van der Waals surface area contributed by atoms with Crippen molar-refractivity contribution in [1.29, 1.82) is 0 Å². The number of nitrogens with one attached hydrogen (secondary N) is 1. The number of amides is 1. The maximum absolute atomic E-state index is 12.7. The first-order valence-electron chi connectivity index (χ1n) is 7.69. The quantitative estimate of drug-likeness (QED) is 0.876. The zero-order chi connectivity index (χ0) is 14.2. The molecule has 126 valence electrons. The fourth-order valence-electron chi connectivity index (χ4n) is 3.42. The molecule has 2 aliphatic heterocycles. The molecule has 1 N–H and O–H groups in total. The number of carbonyl (C=O) groups is 1. The monoisotopic (exact) mass is 373 g/mol. The van der Waals surface area contributed by atoms with E-state index in [1.165, 1.54) is 4.70 Å². The van der Waals surface area contributed by atoms with Crippen molar-refractivity contribution in [3.63, 3.8) is 0 Å². The average molecular weight is 374 g/mol. The van der Waals surface area contributed by atoms with Crippen LogP contribution >= 0.6 is 36.2 Å². The van der Waals surface area contributed by atoms with E-state index in [0.717, 1.165) is 49.4 Å². The molecule has 1 amide bonds. The highest BCUT2D eigenvalue weighted by molar-refractivity contribution is 7.18. The molecule has 23 heavy (non-hydrogen) atoms. The van der Waals surface area contributed by atoms with Crippen LogP contribution in [0.3, 0.4) is 0 Å². The lowest BCUT2D eigenvalue weighted by Gasteiger charge is -2.25. The Labute approximate surface area is 152 Å². The number of rotatable bonds is 2. The molecule has 2 saturated heterocycles. The van der Waals surface area contributed by atoms with Crippen molar-refractivity contribution >= 4 is 52.3 Å². The Kier molecular flexibility index (Phi) is 6.26. The van der Waals surface area contributed by atoms with Gasteiger partial charge in [0, 0.05) is 13.1 Å². The third kappa shape index (κ3) is 3.48. The molecule has 2 fully saturated rings. The van der Waals surface area contributed by atoms with Crippen molar-refractivity contribution in [1.82, 2.24) is 15.2 Å². The number of likely N-dealkylation sites (tertiary alicyclic amines) is 1. The van der Waals surface area contributed by atoms with Crippen molar-refractivity contribution < 1.29 is 4.79 Å². The number of thiazole rings is 1. The summed E-state index contributed by atoms with van der Waals surface area (Å²) in [5.74, 6) is 0.488. The van der Waals surface area contributed by atoms with E-state index in [9.17, 15) is 4.79 Å². The molecule has 0 aliphatic carbocycles. The second-order valence-electron chi connectivity index (χ2n) is 5.90. The summed E-state index contributed by atoms with van der Waals surface area (Å²) in [6.45, 7) is 2.69. The summed E-state index contributed by atoms with van der Waals surface area (Å²) in [5, 5.41) is 4.40. The number of aromatic nitrogens is 1. The Morgan fingerprint density at radius 2 is 2.09 bits per heavy atom. The van der Waals surface area contributed by atoms with Gasteiger partial charge >= 0.3 is 0 Å². The van der Waals surface area contributed by atoms with Gasteiger partial charge in [-0.15, -0.1) is 36.2 Å². The number of benzene rings is 1. The van der Waals surface area contributed by atoms with Crippen molar-refractivity contribution in [3.8, 4) is 0 Å². The minimum atomic E-state index is 0. The van der Waals surface area contributed by atoms with Crippen LogP contribution in [0.25, 0.3) is 10.2 Å². The first-order chi connectivity index (χ1) is 10.3. The van der Waals surface area contributed by atoms with Crippen molar-refractivity contribution in [2.24, 2.45) is 5.92 Å². The van der Waals surface area contributed by atoms with Crippen LogP contribution in [0.15, 0.2) is 24.3 Å². The molecule has 2 aliphatic rings. The van der Waals surface area contributed by atoms with Crippen molar-refractivity contribution in [2.75, 3.05) is 19.6 Å². The smallest absolute Gasteiger partial charge is 0.227 e. The lowest BCUT2D eigenvalue weighted by molar-refractivity contribution is -0.135. The lowest BCUT2D eigenvalue weighted by Crippen LogP contribution is -2.36. The van der Waals surface area contributed by atoms with E-state index in [0.29, 0.717) is 5.91 Å². The lowest BCUT2D eigenvalue weighted by atomic mass is 10.1. The first-order valence-corrected chi connectivity index (χ1v) is 8.51. The number of fused-ring (bicyclic) bond motifs is 1. The Bertz CT molecular complexity index is 639. The molecule has 1 aromatic heterocycles. The molecule has 3 heterocycles. The molecule has 2 aromatic rings. The average Bonchev–Trinajstić information content (AvgIpc) is 3.24. The highest BCUT2D eigenvalue weighted by Crippen LogP contribution is 2.37. The van der Waals surface area contributed by atoms with Crippen LogP contribution in [0.2, 0.25) is 0 Å². The number of hydrogen-bond acceptors (Lipinski definition) is 4. The van der Waals surface area contributed by atoms with E-state index in [2.05, 4.69) is 22.3 Å². The van der Waals surface area contributed by atoms with Gasteiger partial charge in [0.05, 0.1) is 22.2 Å². The fraction of sp³-hybridized carbons (Fsp3) is 0.500. The Morgan fingerprint density at radius 3 is 2.83 bits per heavy atom. The predicted molar refractivity (Wildman–Crippen MR) is 98.8 cm³/mol. The number of carbonyl (C=O) groups excluding carboxylic acids is 1. The van der Waals surface area contributed by atoms with Crippen LogP contribution in [0.4, 0.5) is 0 Å². The van der Waals surface area contributed by atoms with Gasteiger partial charge in [-0.05, 0) is 37.9 Å². The van der Waals surface area contributed by atoms with Gasteiger partial charge in [-0.3, -0.25) is 4.79 Å². The van der Waals surface area contributed by atoms with Crippen LogP contribution in [-0.4, -0.2) is 35.4 Å². The van der Waals surface area contributed by atoms with Crippen molar-refractivity contribution in [3.05, 3.63) is 29.3 Å². The van der Waals surface area contributed by atoms with Crippen LogP contribution in [0.5, 0.6) is 0 Å². The molecule has 7 heteroatoms. The van der Waals surface area contributed by atoms with Crippen LogP contribution in [-0.2, 0) is 4.79 Å². The standard InChI is InChI=1S/C16H19N3OS.2ClH/c20-16(11-7-8-17-10-11)19-9-3-5-13(19)15-18-12-4-1-2-6-14(12)21-15;;/h1-2,4,6,11,13,17H,3,5,7-10H2;2*1H. The van der Waals surface area contributed by atoms with Crippen LogP contribution in [0, 0.1) is 5.92 Å². The van der Waals surface area contributed by atoms with E-state index >= 15 is 0 Å². The molecule has 4 nitrogen and oxygen atoms in total. The maximum Gasteiger partial charge on any atom is 0.227 e. The summed E-state index contributed by atoms with van der Waals surface area (Å²) >= 11 is 1.74. The summed E-state index contributed by atoms with van der Waals surface area (Å²) < 4.78 is 1.22. The Balaban J connectivity index is 0.000000960. The normalized spacial score (nSPS) is 23.6. The van der Waals surface area contributed by atoms with E-state index in [4.69, 9.17) is 4.98 Å². The largest absolute Gasteiger partial charge is 0.333 e. The van der Waals surface area contributed by atoms with E-state index in [1.807, 2.05) is 12.1 Å². The Morgan fingerprint density at radius 1 is 1.26 bits per heavy atom. The van der Waals surface area contributed by atoms with Gasteiger partial charge in [-0.1, -0.05) is 12.1 Å². The van der Waals surface area contributed by atoms with Crippen molar-refractivity contribution in [2.45, 2.75) is 25.3 Å². The molecule has 2 atom stereocenters. The third-order valence-corrected chi connectivity index (χ3v) is 5.68. The SMILES string of the molecule is Cl.Cl.O=C(C1CCNC1)N1CCCC1c1nc2ccccc2s1. The molecule has 2 unspecified atom stereocenters. The fourth-order valence-corrected chi connectivity index (χ4v) is 4.54. The van der Waals surface area contributed by atoms with Gasteiger partial charge < -0.3 is 10.2 Å². The van der Waals surface area contributed by atoms with Gasteiger partial charge in [0.1, 0.15) is 5.01 Å². The molecular weight excluding hydrogens is 353 g/mol. The molecular formula is C16H21Cl2N3OS.